The molecule has 0 atom stereocenters. The van der Waals surface area contributed by atoms with E-state index in [2.05, 4.69) is 9.97 Å². The smallest absolute Gasteiger partial charge is 0.230 e. The summed E-state index contributed by atoms with van der Waals surface area (Å²) in [7, 11) is 0. The second kappa shape index (κ2) is 5.93. The first kappa shape index (κ1) is 16.2. The summed E-state index contributed by atoms with van der Waals surface area (Å²) in [5.74, 6) is -1.22. The molecular weight excluding hydrogens is 354 g/mol. The van der Waals surface area contributed by atoms with Crippen LogP contribution in [-0.2, 0) is 0 Å². The fourth-order valence-corrected chi connectivity index (χ4v) is 3.23. The van der Waals surface area contributed by atoms with Crippen molar-refractivity contribution in [2.45, 2.75) is 6.92 Å². The summed E-state index contributed by atoms with van der Waals surface area (Å²) < 4.78 is 1.08. The van der Waals surface area contributed by atoms with Crippen LogP contribution in [0.1, 0.15) is 27.6 Å². The Labute approximate surface area is 152 Å². The van der Waals surface area contributed by atoms with Crippen LogP contribution >= 0.6 is 11.6 Å². The SMILES string of the molecule is CC(=O)n1c(O)c(C(=O)c2ccc3ncncc3c2)c2ccc(Cl)cc21. The Hall–Kier alpha value is -3.25. The van der Waals surface area contributed by atoms with E-state index in [0.717, 1.165) is 4.57 Å². The van der Waals surface area contributed by atoms with Crippen LogP contribution < -0.4 is 0 Å². The molecule has 0 aliphatic rings. The van der Waals surface area contributed by atoms with Gasteiger partial charge in [0.15, 0.2) is 5.78 Å². The molecule has 2 heterocycles. The van der Waals surface area contributed by atoms with E-state index in [-0.39, 0.29) is 5.56 Å². The second-order valence-electron chi connectivity index (χ2n) is 5.84. The van der Waals surface area contributed by atoms with Gasteiger partial charge >= 0.3 is 0 Å². The van der Waals surface area contributed by atoms with Crippen LogP contribution in [0.25, 0.3) is 21.8 Å². The molecule has 0 saturated heterocycles. The van der Waals surface area contributed by atoms with Crippen LogP contribution in [0.2, 0.25) is 5.02 Å². The van der Waals surface area contributed by atoms with Gasteiger partial charge in [0.05, 0.1) is 16.6 Å². The molecule has 2 aromatic carbocycles. The largest absolute Gasteiger partial charge is 0.494 e. The molecule has 0 aliphatic carbocycles. The molecule has 4 rings (SSSR count). The van der Waals surface area contributed by atoms with Crippen LogP contribution in [0.5, 0.6) is 5.88 Å². The van der Waals surface area contributed by atoms with E-state index in [1.807, 2.05) is 0 Å². The zero-order valence-corrected chi connectivity index (χ0v) is 14.4. The van der Waals surface area contributed by atoms with Gasteiger partial charge in [-0.3, -0.25) is 9.59 Å². The lowest BCUT2D eigenvalue weighted by Crippen LogP contribution is -2.06. The number of aromatic nitrogens is 3. The van der Waals surface area contributed by atoms with E-state index in [4.69, 9.17) is 11.6 Å². The van der Waals surface area contributed by atoms with Crippen LogP contribution in [0, 0.1) is 0 Å². The van der Waals surface area contributed by atoms with E-state index < -0.39 is 17.6 Å². The van der Waals surface area contributed by atoms with Crippen molar-refractivity contribution in [3.8, 4) is 5.88 Å². The number of aromatic hydroxyl groups is 1. The Balaban J connectivity index is 1.96. The number of fused-ring (bicyclic) bond motifs is 2. The summed E-state index contributed by atoms with van der Waals surface area (Å²) in [5.41, 5.74) is 1.51. The number of hydrogen-bond donors (Lipinski definition) is 1. The van der Waals surface area contributed by atoms with Gasteiger partial charge in [0.2, 0.25) is 11.8 Å². The van der Waals surface area contributed by atoms with Gasteiger partial charge in [-0.05, 0) is 30.3 Å². The number of halogens is 1. The third-order valence-corrected chi connectivity index (χ3v) is 4.45. The average molecular weight is 366 g/mol. The zero-order chi connectivity index (χ0) is 18.4. The Kier molecular flexibility index (Phi) is 3.70. The summed E-state index contributed by atoms with van der Waals surface area (Å²) >= 11 is 6.01. The molecule has 6 nitrogen and oxygen atoms in total. The van der Waals surface area contributed by atoms with Gasteiger partial charge in [0, 0.05) is 34.5 Å². The van der Waals surface area contributed by atoms with Gasteiger partial charge in [0.1, 0.15) is 6.33 Å². The van der Waals surface area contributed by atoms with Gasteiger partial charge in [0.25, 0.3) is 0 Å². The molecule has 0 unspecified atom stereocenters. The number of hydrogen-bond acceptors (Lipinski definition) is 5. The molecule has 0 amide bonds. The van der Waals surface area contributed by atoms with E-state index in [1.54, 1.807) is 42.6 Å². The molecule has 4 aromatic rings. The highest BCUT2D eigenvalue weighted by Crippen LogP contribution is 2.34. The van der Waals surface area contributed by atoms with Gasteiger partial charge in [-0.25, -0.2) is 14.5 Å². The molecule has 0 aliphatic heterocycles. The van der Waals surface area contributed by atoms with Gasteiger partial charge in [-0.1, -0.05) is 17.7 Å². The fourth-order valence-electron chi connectivity index (χ4n) is 3.06. The molecule has 26 heavy (non-hydrogen) atoms. The van der Waals surface area contributed by atoms with Crippen molar-refractivity contribution in [1.29, 1.82) is 0 Å². The monoisotopic (exact) mass is 365 g/mol. The Morgan fingerprint density at radius 1 is 1.15 bits per heavy atom. The first-order chi connectivity index (χ1) is 12.5. The molecule has 0 saturated carbocycles. The molecule has 7 heteroatoms. The molecule has 128 valence electrons. The second-order valence-corrected chi connectivity index (χ2v) is 6.28. The van der Waals surface area contributed by atoms with E-state index in [1.165, 1.54) is 13.3 Å². The minimum atomic E-state index is -0.416. The Bertz CT molecular complexity index is 1210. The van der Waals surface area contributed by atoms with Crippen molar-refractivity contribution < 1.29 is 14.7 Å². The molecular formula is C19H12ClN3O3. The van der Waals surface area contributed by atoms with Gasteiger partial charge in [-0.2, -0.15) is 0 Å². The van der Waals surface area contributed by atoms with Crippen LogP contribution in [0.15, 0.2) is 48.9 Å². The Morgan fingerprint density at radius 2 is 1.96 bits per heavy atom. The lowest BCUT2D eigenvalue weighted by Gasteiger charge is -2.03. The highest BCUT2D eigenvalue weighted by molar-refractivity contribution is 6.31. The predicted molar refractivity (Wildman–Crippen MR) is 97.9 cm³/mol. The minimum absolute atomic E-state index is 0.0584. The lowest BCUT2D eigenvalue weighted by atomic mass is 10.0. The van der Waals surface area contributed by atoms with E-state index in [9.17, 15) is 14.7 Å². The van der Waals surface area contributed by atoms with Gasteiger partial charge in [-0.15, -0.1) is 0 Å². The fraction of sp³-hybridized carbons (Fsp3) is 0.0526. The minimum Gasteiger partial charge on any atom is -0.494 e. The maximum atomic E-state index is 13.1. The first-order valence-electron chi connectivity index (χ1n) is 7.75. The summed E-state index contributed by atoms with van der Waals surface area (Å²) in [6.07, 6.45) is 3.04. The predicted octanol–water partition coefficient (Wildman–Crippen LogP) is 3.83. The summed E-state index contributed by atoms with van der Waals surface area (Å²) in [6.45, 7) is 1.31. The number of carbonyl (C=O) groups is 2. The number of ketones is 1. The maximum absolute atomic E-state index is 13.1. The van der Waals surface area contributed by atoms with Crippen LogP contribution in [0.3, 0.4) is 0 Å². The zero-order valence-electron chi connectivity index (χ0n) is 13.6. The molecule has 0 radical (unpaired) electrons. The average Bonchev–Trinajstić information content (AvgIpc) is 2.91. The molecule has 0 fully saturated rings. The van der Waals surface area contributed by atoms with Crippen molar-refractivity contribution in [1.82, 2.24) is 14.5 Å². The van der Waals surface area contributed by atoms with Crippen molar-refractivity contribution in [2.75, 3.05) is 0 Å². The van der Waals surface area contributed by atoms with Crippen LogP contribution in [-0.4, -0.2) is 31.3 Å². The highest BCUT2D eigenvalue weighted by atomic mass is 35.5. The van der Waals surface area contributed by atoms with E-state index >= 15 is 0 Å². The van der Waals surface area contributed by atoms with Crippen LogP contribution in [0.4, 0.5) is 0 Å². The van der Waals surface area contributed by atoms with Crippen molar-refractivity contribution >= 4 is 45.1 Å². The van der Waals surface area contributed by atoms with Crippen molar-refractivity contribution in [2.24, 2.45) is 0 Å². The topological polar surface area (TPSA) is 85.1 Å². The first-order valence-corrected chi connectivity index (χ1v) is 8.13. The summed E-state index contributed by atoms with van der Waals surface area (Å²) in [6, 6.07) is 9.77. The number of nitrogens with zero attached hydrogens (tertiary/aromatic N) is 3. The maximum Gasteiger partial charge on any atom is 0.230 e. The van der Waals surface area contributed by atoms with Crippen molar-refractivity contribution in [3.63, 3.8) is 0 Å². The normalized spacial score (nSPS) is 11.2. The molecule has 0 spiro atoms. The Morgan fingerprint density at radius 3 is 2.73 bits per heavy atom. The summed E-state index contributed by atoms with van der Waals surface area (Å²) in [4.78, 5) is 33.1. The number of rotatable bonds is 2. The lowest BCUT2D eigenvalue weighted by molar-refractivity contribution is 0.0933. The molecule has 2 aromatic heterocycles. The standard InChI is InChI=1S/C19H12ClN3O3/c1-10(24)23-16-7-13(20)3-4-14(16)17(19(23)26)18(25)11-2-5-15-12(6-11)8-21-9-22-15/h2-9,26H,1H3. The quantitative estimate of drug-likeness (QED) is 0.545. The number of carbonyl (C=O) groups excluding carboxylic acids is 2. The number of benzene rings is 2. The third kappa shape index (κ3) is 2.43. The van der Waals surface area contributed by atoms with Crippen molar-refractivity contribution in [3.05, 3.63) is 65.1 Å². The highest BCUT2D eigenvalue weighted by Gasteiger charge is 2.25. The molecule has 0 bridgehead atoms. The van der Waals surface area contributed by atoms with Gasteiger partial charge < -0.3 is 5.11 Å². The third-order valence-electron chi connectivity index (χ3n) is 4.21. The summed E-state index contributed by atoms with van der Waals surface area (Å²) in [5, 5.41) is 12.1. The molecule has 1 N–H and O–H groups in total. The van der Waals surface area contributed by atoms with E-state index in [0.29, 0.717) is 32.4 Å².